The van der Waals surface area contributed by atoms with E-state index in [0.717, 1.165) is 6.42 Å². The van der Waals surface area contributed by atoms with Crippen molar-refractivity contribution in [1.29, 1.82) is 0 Å². The topological polar surface area (TPSA) is 109 Å². The van der Waals surface area contributed by atoms with Gasteiger partial charge in [0.2, 0.25) is 0 Å². The Morgan fingerprint density at radius 2 is 1.76 bits per heavy atom. The van der Waals surface area contributed by atoms with Gasteiger partial charge in [-0.25, -0.2) is 14.4 Å². The molecule has 0 spiro atoms. The molecule has 0 saturated carbocycles. The minimum absolute atomic E-state index is 0.230. The summed E-state index contributed by atoms with van der Waals surface area (Å²) in [6, 6.07) is 12.7. The molecule has 0 bridgehead atoms. The van der Waals surface area contributed by atoms with E-state index in [-0.39, 0.29) is 12.6 Å². The molecule has 1 unspecified atom stereocenters. The van der Waals surface area contributed by atoms with Crippen LogP contribution in [0.3, 0.4) is 0 Å². The van der Waals surface area contributed by atoms with Gasteiger partial charge in [-0.05, 0) is 50.1 Å². The molecule has 180 valence electrons. The van der Waals surface area contributed by atoms with Crippen LogP contribution >= 0.6 is 0 Å². The molecule has 1 heterocycles. The van der Waals surface area contributed by atoms with Crippen molar-refractivity contribution in [3.8, 4) is 5.75 Å². The molecule has 2 aromatic rings. The average molecular weight is 467 g/mol. The van der Waals surface area contributed by atoms with Crippen molar-refractivity contribution in [2.24, 2.45) is 0 Å². The van der Waals surface area contributed by atoms with Gasteiger partial charge in [0.1, 0.15) is 5.75 Å². The highest BCUT2D eigenvalue weighted by molar-refractivity contribution is 6.00. The SMILES string of the molecule is CCCN1C(=O)NC(c2ccc(NC(=O)Nc3ccccc3OC)cc2)C(C(=O)OCC)=C1C. The van der Waals surface area contributed by atoms with E-state index in [2.05, 4.69) is 16.0 Å². The lowest BCUT2D eigenvalue weighted by Gasteiger charge is -2.35. The summed E-state index contributed by atoms with van der Waals surface area (Å²) in [7, 11) is 1.53. The lowest BCUT2D eigenvalue weighted by molar-refractivity contribution is -0.139. The van der Waals surface area contributed by atoms with Crippen LogP contribution in [0.15, 0.2) is 59.8 Å². The maximum Gasteiger partial charge on any atom is 0.338 e. The molecule has 0 fully saturated rings. The Morgan fingerprint density at radius 1 is 1.06 bits per heavy atom. The van der Waals surface area contributed by atoms with E-state index >= 15 is 0 Å². The smallest absolute Gasteiger partial charge is 0.338 e. The predicted octanol–water partition coefficient (Wildman–Crippen LogP) is 4.65. The molecule has 2 aromatic carbocycles. The molecule has 4 amide bonds. The van der Waals surface area contributed by atoms with Crippen LogP contribution in [0.1, 0.15) is 38.8 Å². The van der Waals surface area contributed by atoms with E-state index in [1.165, 1.54) is 7.11 Å². The van der Waals surface area contributed by atoms with Gasteiger partial charge in [-0.3, -0.25) is 4.90 Å². The number of nitrogens with one attached hydrogen (secondary N) is 3. The molecule has 9 nitrogen and oxygen atoms in total. The van der Waals surface area contributed by atoms with Gasteiger partial charge in [0.25, 0.3) is 0 Å². The number of rotatable bonds is 8. The van der Waals surface area contributed by atoms with Crippen LogP contribution in [0.25, 0.3) is 0 Å². The monoisotopic (exact) mass is 466 g/mol. The summed E-state index contributed by atoms with van der Waals surface area (Å²) in [4.78, 5) is 39.4. The minimum atomic E-state index is -0.656. The lowest BCUT2D eigenvalue weighted by Crippen LogP contribution is -2.48. The first-order valence-corrected chi connectivity index (χ1v) is 11.2. The molecular formula is C25H30N4O5. The number of allylic oxidation sites excluding steroid dienone is 1. The van der Waals surface area contributed by atoms with E-state index in [1.807, 2.05) is 13.0 Å². The normalized spacial score (nSPS) is 15.5. The molecule has 0 aliphatic carbocycles. The standard InChI is InChI=1S/C25H30N4O5/c1-5-15-29-16(3)21(23(30)34-6-2)22(28-25(29)32)17-11-13-18(14-12-17)26-24(31)27-19-9-7-8-10-20(19)33-4/h7-14,22H,5-6,15H2,1-4H3,(H,28,32)(H2,26,27,31). The molecule has 1 aliphatic heterocycles. The Kier molecular flexibility index (Phi) is 8.13. The number of hydrogen-bond donors (Lipinski definition) is 3. The van der Waals surface area contributed by atoms with Crippen LogP contribution in [0.5, 0.6) is 5.75 Å². The predicted molar refractivity (Wildman–Crippen MR) is 130 cm³/mol. The van der Waals surface area contributed by atoms with Gasteiger partial charge < -0.3 is 25.4 Å². The van der Waals surface area contributed by atoms with Crippen molar-refractivity contribution < 1.29 is 23.9 Å². The molecule has 0 radical (unpaired) electrons. The van der Waals surface area contributed by atoms with Crippen LogP contribution in [0.4, 0.5) is 21.0 Å². The Morgan fingerprint density at radius 3 is 2.41 bits per heavy atom. The summed E-state index contributed by atoms with van der Waals surface area (Å²) < 4.78 is 10.5. The minimum Gasteiger partial charge on any atom is -0.495 e. The van der Waals surface area contributed by atoms with Crippen molar-refractivity contribution in [2.75, 3.05) is 30.9 Å². The number of para-hydroxylation sites is 2. The van der Waals surface area contributed by atoms with Gasteiger partial charge in [0.15, 0.2) is 0 Å². The van der Waals surface area contributed by atoms with Crippen LogP contribution in [0, 0.1) is 0 Å². The number of amides is 4. The van der Waals surface area contributed by atoms with Crippen molar-refractivity contribution in [3.05, 3.63) is 65.4 Å². The third kappa shape index (κ3) is 5.48. The Labute approximate surface area is 199 Å². The van der Waals surface area contributed by atoms with Crippen molar-refractivity contribution >= 4 is 29.4 Å². The van der Waals surface area contributed by atoms with Crippen molar-refractivity contribution in [3.63, 3.8) is 0 Å². The first-order chi connectivity index (χ1) is 16.4. The number of anilines is 2. The van der Waals surface area contributed by atoms with Gasteiger partial charge in [0, 0.05) is 17.9 Å². The van der Waals surface area contributed by atoms with E-state index in [1.54, 1.807) is 61.2 Å². The molecule has 0 saturated heterocycles. The highest BCUT2D eigenvalue weighted by atomic mass is 16.5. The van der Waals surface area contributed by atoms with Crippen LogP contribution in [0.2, 0.25) is 0 Å². The second-order valence-corrected chi connectivity index (χ2v) is 7.66. The number of methoxy groups -OCH3 is 1. The summed E-state index contributed by atoms with van der Waals surface area (Å²) in [5.41, 5.74) is 2.75. The van der Waals surface area contributed by atoms with Crippen molar-refractivity contribution in [1.82, 2.24) is 10.2 Å². The zero-order valence-corrected chi connectivity index (χ0v) is 19.8. The summed E-state index contributed by atoms with van der Waals surface area (Å²) in [5.74, 6) is 0.0799. The number of carbonyl (C=O) groups is 3. The van der Waals surface area contributed by atoms with Gasteiger partial charge in [0.05, 0.1) is 31.0 Å². The van der Waals surface area contributed by atoms with Gasteiger partial charge in [-0.2, -0.15) is 0 Å². The quantitative estimate of drug-likeness (QED) is 0.491. The van der Waals surface area contributed by atoms with Gasteiger partial charge >= 0.3 is 18.0 Å². The largest absolute Gasteiger partial charge is 0.495 e. The lowest BCUT2D eigenvalue weighted by atomic mass is 9.94. The Balaban J connectivity index is 1.79. The molecule has 1 aliphatic rings. The average Bonchev–Trinajstić information content (AvgIpc) is 2.82. The second-order valence-electron chi connectivity index (χ2n) is 7.66. The fourth-order valence-electron chi connectivity index (χ4n) is 3.79. The Hall–Kier alpha value is -4.01. The highest BCUT2D eigenvalue weighted by Gasteiger charge is 2.36. The van der Waals surface area contributed by atoms with Crippen molar-refractivity contribution in [2.45, 2.75) is 33.2 Å². The summed E-state index contributed by atoms with van der Waals surface area (Å²) in [6.07, 6.45) is 0.753. The molecule has 0 aromatic heterocycles. The number of nitrogens with zero attached hydrogens (tertiary/aromatic N) is 1. The number of benzene rings is 2. The molecule has 1 atom stereocenters. The molecule has 9 heteroatoms. The number of urea groups is 2. The summed E-state index contributed by atoms with van der Waals surface area (Å²) in [6.45, 7) is 6.19. The zero-order valence-electron chi connectivity index (χ0n) is 19.8. The fraction of sp³-hybridized carbons (Fsp3) is 0.320. The van der Waals surface area contributed by atoms with Gasteiger partial charge in [-0.1, -0.05) is 31.2 Å². The third-order valence-electron chi connectivity index (χ3n) is 5.40. The van der Waals surface area contributed by atoms with Crippen LogP contribution in [-0.2, 0) is 9.53 Å². The first kappa shape index (κ1) is 24.6. The molecule has 3 N–H and O–H groups in total. The highest BCUT2D eigenvalue weighted by Crippen LogP contribution is 2.32. The summed E-state index contributed by atoms with van der Waals surface area (Å²) in [5, 5.41) is 8.42. The van der Waals surface area contributed by atoms with Crippen LogP contribution in [-0.4, -0.2) is 43.2 Å². The first-order valence-electron chi connectivity index (χ1n) is 11.2. The maximum absolute atomic E-state index is 12.8. The third-order valence-corrected chi connectivity index (χ3v) is 5.40. The van der Waals surface area contributed by atoms with Crippen LogP contribution < -0.4 is 20.7 Å². The molecule has 34 heavy (non-hydrogen) atoms. The summed E-state index contributed by atoms with van der Waals surface area (Å²) >= 11 is 0. The second kappa shape index (κ2) is 11.2. The number of hydrogen-bond acceptors (Lipinski definition) is 5. The maximum atomic E-state index is 12.8. The number of esters is 1. The zero-order chi connectivity index (χ0) is 24.7. The fourth-order valence-corrected chi connectivity index (χ4v) is 3.79. The van der Waals surface area contributed by atoms with E-state index in [9.17, 15) is 14.4 Å². The van der Waals surface area contributed by atoms with E-state index < -0.39 is 18.0 Å². The number of carbonyl (C=O) groups excluding carboxylic acids is 3. The Bertz CT molecular complexity index is 1080. The van der Waals surface area contributed by atoms with E-state index in [0.29, 0.717) is 40.5 Å². The number of ether oxygens (including phenoxy) is 2. The van der Waals surface area contributed by atoms with Gasteiger partial charge in [-0.15, -0.1) is 0 Å². The molecular weight excluding hydrogens is 436 g/mol. The molecule has 3 rings (SSSR count). The van der Waals surface area contributed by atoms with E-state index in [4.69, 9.17) is 9.47 Å².